The van der Waals surface area contributed by atoms with Gasteiger partial charge in [0.1, 0.15) is 6.67 Å². The average molecular weight is 461 g/mol. The lowest BCUT2D eigenvalue weighted by Crippen LogP contribution is -2.46. The van der Waals surface area contributed by atoms with E-state index in [2.05, 4.69) is 54.8 Å². The van der Waals surface area contributed by atoms with Gasteiger partial charge in [-0.1, -0.05) is 71.1 Å². The van der Waals surface area contributed by atoms with Crippen molar-refractivity contribution in [3.05, 3.63) is 29.8 Å². The van der Waals surface area contributed by atoms with Gasteiger partial charge in [0, 0.05) is 31.9 Å². The Hall–Kier alpha value is -1.56. The number of alkyl halides is 3. The lowest BCUT2D eigenvalue weighted by atomic mass is 9.91. The number of aryl methyl sites for hydroxylation is 1. The molecule has 0 atom stereocenters. The fraction of sp³-hybridized carbons (Fsp3) is 0.731. The van der Waals surface area contributed by atoms with Crippen molar-refractivity contribution >= 4 is 11.5 Å². The summed E-state index contributed by atoms with van der Waals surface area (Å²) in [5.41, 5.74) is 2.92. The molecule has 1 aliphatic carbocycles. The first kappa shape index (κ1) is 32.6. The van der Waals surface area contributed by atoms with E-state index in [1.807, 2.05) is 0 Å². The van der Waals surface area contributed by atoms with E-state index >= 15 is 0 Å². The van der Waals surface area contributed by atoms with E-state index in [-0.39, 0.29) is 0 Å². The Labute approximate surface area is 195 Å². The smallest absolute Gasteiger partial charge is 0.160 e. The van der Waals surface area contributed by atoms with Gasteiger partial charge in [-0.25, -0.2) is 4.39 Å². The van der Waals surface area contributed by atoms with Gasteiger partial charge in [0.05, 0.1) is 14.4 Å². The minimum atomic E-state index is -0.833. The molecule has 0 aromatic heterocycles. The molecule has 1 aromatic carbocycles. The van der Waals surface area contributed by atoms with Gasteiger partial charge in [-0.2, -0.15) is 0 Å². The maximum atomic E-state index is 10.8. The summed E-state index contributed by atoms with van der Waals surface area (Å²) in [6.45, 7) is 13.2. The van der Waals surface area contributed by atoms with Crippen LogP contribution in [0.15, 0.2) is 24.3 Å². The molecule has 1 saturated carbocycles. The first-order valence-corrected chi connectivity index (χ1v) is 11.9. The maximum Gasteiger partial charge on any atom is 0.160 e. The molecule has 3 nitrogen and oxygen atoms in total. The predicted octanol–water partition coefficient (Wildman–Crippen LogP) is 6.69. The fourth-order valence-electron chi connectivity index (χ4n) is 3.73. The number of halogens is 3. The molecule has 2 fully saturated rings. The zero-order chi connectivity index (χ0) is 24.8. The maximum absolute atomic E-state index is 10.8. The number of para-hydroxylation sites is 1. The van der Waals surface area contributed by atoms with Crippen molar-refractivity contribution in [3.8, 4) is 0 Å². The van der Waals surface area contributed by atoms with Crippen LogP contribution < -0.4 is 4.90 Å². The van der Waals surface area contributed by atoms with E-state index in [1.165, 1.54) is 83.0 Å². The summed E-state index contributed by atoms with van der Waals surface area (Å²) in [6, 6.07) is 8.81. The molecule has 1 saturated heterocycles. The van der Waals surface area contributed by atoms with Gasteiger partial charge in [-0.3, -0.25) is 13.6 Å². The summed E-state index contributed by atoms with van der Waals surface area (Å²) in [7, 11) is 1.00. The number of piperazine rings is 1. The Morgan fingerprint density at radius 3 is 1.81 bits per heavy atom. The third kappa shape index (κ3) is 15.3. The number of benzene rings is 1. The number of rotatable bonds is 4. The van der Waals surface area contributed by atoms with Crippen molar-refractivity contribution in [1.29, 1.82) is 0 Å². The molecule has 0 amide bonds. The Kier molecular flexibility index (Phi) is 23.1. The minimum absolute atomic E-state index is 0.412. The molecule has 6 heteroatoms. The zero-order valence-electron chi connectivity index (χ0n) is 21.3. The highest BCUT2D eigenvalue weighted by Gasteiger charge is 2.17. The Morgan fingerprint density at radius 1 is 0.938 bits per heavy atom. The summed E-state index contributed by atoms with van der Waals surface area (Å²) in [5.74, 6) is 0.624. The van der Waals surface area contributed by atoms with Crippen LogP contribution in [-0.4, -0.2) is 64.4 Å². The van der Waals surface area contributed by atoms with Crippen LogP contribution >= 0.6 is 0 Å². The first-order valence-electron chi connectivity index (χ1n) is 11.9. The predicted molar refractivity (Wildman–Crippen MR) is 133 cm³/mol. The van der Waals surface area contributed by atoms with Gasteiger partial charge >= 0.3 is 0 Å². The molecule has 1 heterocycles. The van der Waals surface area contributed by atoms with Gasteiger partial charge in [0.25, 0.3) is 0 Å². The second-order valence-corrected chi connectivity index (χ2v) is 7.98. The molecule has 1 aromatic rings. The van der Waals surface area contributed by atoms with Crippen LogP contribution in [0, 0.1) is 5.92 Å². The van der Waals surface area contributed by atoms with Gasteiger partial charge in [-0.15, -0.1) is 0 Å². The highest BCUT2D eigenvalue weighted by atomic mass is 19.1. The number of anilines is 1. The SMILES string of the molecule is CC(=O)CF.CC1CCCCC1.CCc1ccccc1N1CCN(CC)CC1.CF.CF. The quantitative estimate of drug-likeness (QED) is 0.500. The summed E-state index contributed by atoms with van der Waals surface area (Å²) in [6.07, 6.45) is 8.57. The van der Waals surface area contributed by atoms with Crippen molar-refractivity contribution in [2.75, 3.05) is 58.7 Å². The first-order chi connectivity index (χ1) is 15.5. The van der Waals surface area contributed by atoms with Gasteiger partial charge < -0.3 is 9.80 Å². The summed E-state index contributed by atoms with van der Waals surface area (Å²) in [5, 5.41) is 0. The average Bonchev–Trinajstić information content (AvgIpc) is 2.87. The highest BCUT2D eigenvalue weighted by molar-refractivity contribution is 5.76. The van der Waals surface area contributed by atoms with Crippen LogP contribution in [0.1, 0.15) is 65.4 Å². The van der Waals surface area contributed by atoms with Crippen LogP contribution in [0.3, 0.4) is 0 Å². The fourth-order valence-corrected chi connectivity index (χ4v) is 3.73. The van der Waals surface area contributed by atoms with Crippen molar-refractivity contribution in [3.63, 3.8) is 0 Å². The number of carbonyl (C=O) groups is 1. The standard InChI is InChI=1S/C14H22N2.C7H14.C3H5FO.2CH3F/c1-3-13-7-5-6-8-14(13)16-11-9-15(4-2)10-12-16;1-7-5-3-2-4-6-7;1-3(5)2-4;2*1-2/h5-8H,3-4,9-12H2,1-2H3;7H,2-6H2,1H3;2H2,1H3;2*1H3. The molecule has 0 spiro atoms. The van der Waals surface area contributed by atoms with E-state index in [0.29, 0.717) is 14.4 Å². The van der Waals surface area contributed by atoms with E-state index in [1.54, 1.807) is 0 Å². The van der Waals surface area contributed by atoms with E-state index in [4.69, 9.17) is 0 Å². The van der Waals surface area contributed by atoms with Gasteiger partial charge in [-0.05, 0) is 37.4 Å². The Bertz CT molecular complexity index is 544. The third-order valence-corrected chi connectivity index (χ3v) is 5.61. The van der Waals surface area contributed by atoms with Crippen LogP contribution in [0.25, 0.3) is 0 Å². The number of hydrogen-bond donors (Lipinski definition) is 0. The number of likely N-dealkylation sites (N-methyl/N-ethyl adjacent to an activating group) is 1. The molecule has 1 aliphatic heterocycles. The lowest BCUT2D eigenvalue weighted by Gasteiger charge is -2.36. The monoisotopic (exact) mass is 460 g/mol. The normalized spacial score (nSPS) is 16.0. The van der Waals surface area contributed by atoms with Crippen molar-refractivity contribution < 1.29 is 18.0 Å². The van der Waals surface area contributed by atoms with Gasteiger partial charge in [0.2, 0.25) is 0 Å². The third-order valence-electron chi connectivity index (χ3n) is 5.61. The van der Waals surface area contributed by atoms with E-state index < -0.39 is 12.5 Å². The lowest BCUT2D eigenvalue weighted by molar-refractivity contribution is -0.117. The summed E-state index contributed by atoms with van der Waals surface area (Å²) >= 11 is 0. The molecule has 32 heavy (non-hydrogen) atoms. The van der Waals surface area contributed by atoms with E-state index in [0.717, 1.165) is 12.3 Å². The largest absolute Gasteiger partial charge is 0.369 e. The van der Waals surface area contributed by atoms with Gasteiger partial charge in [0.15, 0.2) is 5.78 Å². The molecule has 0 bridgehead atoms. The Balaban J connectivity index is 0. The molecular weight excluding hydrogens is 413 g/mol. The molecule has 0 radical (unpaired) electrons. The highest BCUT2D eigenvalue weighted by Crippen LogP contribution is 2.22. The number of ketones is 1. The van der Waals surface area contributed by atoms with Crippen LogP contribution in [0.5, 0.6) is 0 Å². The van der Waals surface area contributed by atoms with Crippen molar-refractivity contribution in [2.45, 2.75) is 66.2 Å². The van der Waals surface area contributed by atoms with E-state index in [9.17, 15) is 18.0 Å². The second kappa shape index (κ2) is 22.6. The summed E-state index contributed by atoms with van der Waals surface area (Å²) < 4.78 is 29.8. The molecule has 2 aliphatic rings. The molecule has 188 valence electrons. The zero-order valence-corrected chi connectivity index (χ0v) is 21.3. The van der Waals surface area contributed by atoms with Crippen molar-refractivity contribution in [2.24, 2.45) is 5.92 Å². The molecular formula is C26H47F3N2O. The number of carbonyl (C=O) groups excluding carboxylic acids is 1. The number of Topliss-reactive ketones (excluding diaryl/α,β-unsaturated/α-hetero) is 1. The molecule has 3 rings (SSSR count). The topological polar surface area (TPSA) is 23.6 Å². The van der Waals surface area contributed by atoms with Crippen LogP contribution in [0.4, 0.5) is 18.9 Å². The second-order valence-electron chi connectivity index (χ2n) is 7.98. The van der Waals surface area contributed by atoms with Crippen LogP contribution in [0.2, 0.25) is 0 Å². The summed E-state index contributed by atoms with van der Waals surface area (Å²) in [4.78, 5) is 14.5. The number of nitrogens with zero attached hydrogens (tertiary/aromatic N) is 2. The minimum Gasteiger partial charge on any atom is -0.369 e. The van der Waals surface area contributed by atoms with Crippen LogP contribution in [-0.2, 0) is 11.2 Å². The molecule has 0 N–H and O–H groups in total. The van der Waals surface area contributed by atoms with Crippen molar-refractivity contribution in [1.82, 2.24) is 4.90 Å². The molecule has 0 unspecified atom stereocenters. The number of hydrogen-bond acceptors (Lipinski definition) is 3. The Morgan fingerprint density at radius 2 is 1.44 bits per heavy atom.